The summed E-state index contributed by atoms with van der Waals surface area (Å²) in [6.45, 7) is 8.27. The zero-order valence-electron chi connectivity index (χ0n) is 21.8. The van der Waals surface area contributed by atoms with Gasteiger partial charge in [0.2, 0.25) is 0 Å². The van der Waals surface area contributed by atoms with Crippen LogP contribution in [0, 0.1) is 6.92 Å². The molecule has 1 heterocycles. The van der Waals surface area contributed by atoms with Crippen molar-refractivity contribution in [1.29, 1.82) is 0 Å². The SMILES string of the molecule is Cc1ccc(S(=O)(=O)OC[C@@H]2CC[C@@H](O[Si](c3ccccc3)(c3ccccc3)C(C)(C)C)[C@H](O)O2)cc1. The molecule has 6 nitrogen and oxygen atoms in total. The average Bonchev–Trinajstić information content (AvgIpc) is 2.87. The van der Waals surface area contributed by atoms with Crippen LogP contribution in [0.15, 0.2) is 89.8 Å². The van der Waals surface area contributed by atoms with Gasteiger partial charge in [0.05, 0.1) is 23.7 Å². The van der Waals surface area contributed by atoms with Crippen LogP contribution in [-0.2, 0) is 23.5 Å². The number of aliphatic hydroxyl groups is 1. The highest BCUT2D eigenvalue weighted by molar-refractivity contribution is 7.86. The minimum atomic E-state index is -3.91. The van der Waals surface area contributed by atoms with Crippen molar-refractivity contribution in [2.45, 2.75) is 69.0 Å². The Hall–Kier alpha value is -2.33. The van der Waals surface area contributed by atoms with Gasteiger partial charge in [0.25, 0.3) is 18.4 Å². The number of aryl methyl sites for hydroxylation is 1. The van der Waals surface area contributed by atoms with E-state index in [1.165, 1.54) is 12.1 Å². The third kappa shape index (κ3) is 6.06. The van der Waals surface area contributed by atoms with Gasteiger partial charge in [-0.1, -0.05) is 99.1 Å². The van der Waals surface area contributed by atoms with E-state index in [2.05, 4.69) is 45.0 Å². The Balaban J connectivity index is 1.52. The summed E-state index contributed by atoms with van der Waals surface area (Å²) in [5, 5.41) is 13.0. The summed E-state index contributed by atoms with van der Waals surface area (Å²) in [6.07, 6.45) is -1.30. The molecule has 1 aliphatic rings. The average molecular weight is 541 g/mol. The molecule has 1 saturated heterocycles. The minimum Gasteiger partial charge on any atom is -0.399 e. The highest BCUT2D eigenvalue weighted by Gasteiger charge is 2.52. The molecule has 37 heavy (non-hydrogen) atoms. The van der Waals surface area contributed by atoms with Gasteiger partial charge in [-0.2, -0.15) is 8.42 Å². The van der Waals surface area contributed by atoms with Gasteiger partial charge in [-0.05, 0) is 47.3 Å². The van der Waals surface area contributed by atoms with Gasteiger partial charge < -0.3 is 14.3 Å². The maximum absolute atomic E-state index is 12.6. The smallest absolute Gasteiger partial charge is 0.297 e. The fourth-order valence-electron chi connectivity index (χ4n) is 4.94. The van der Waals surface area contributed by atoms with E-state index in [0.717, 1.165) is 15.9 Å². The Bertz CT molecular complexity index is 1220. The lowest BCUT2D eigenvalue weighted by molar-refractivity contribution is -0.215. The predicted molar refractivity (Wildman–Crippen MR) is 147 cm³/mol. The summed E-state index contributed by atoms with van der Waals surface area (Å²) in [6, 6.07) is 27.0. The number of hydrogen-bond donors (Lipinski definition) is 1. The van der Waals surface area contributed by atoms with Crippen molar-refractivity contribution < 1.29 is 26.9 Å². The molecule has 0 aromatic heterocycles. The van der Waals surface area contributed by atoms with E-state index < -0.39 is 36.9 Å². The monoisotopic (exact) mass is 540 g/mol. The Morgan fingerprint density at radius 1 is 0.892 bits per heavy atom. The van der Waals surface area contributed by atoms with Crippen LogP contribution in [0.3, 0.4) is 0 Å². The van der Waals surface area contributed by atoms with Crippen LogP contribution in [0.1, 0.15) is 39.2 Å². The predicted octanol–water partition coefficient (Wildman–Crippen LogP) is 4.14. The number of rotatable bonds is 8. The zero-order valence-corrected chi connectivity index (χ0v) is 23.6. The lowest BCUT2D eigenvalue weighted by Crippen LogP contribution is -2.69. The summed E-state index contributed by atoms with van der Waals surface area (Å²) in [4.78, 5) is 0.0994. The molecule has 198 valence electrons. The molecule has 0 bridgehead atoms. The molecule has 3 aromatic rings. The van der Waals surface area contributed by atoms with E-state index in [-0.39, 0.29) is 16.5 Å². The van der Waals surface area contributed by atoms with Gasteiger partial charge >= 0.3 is 0 Å². The lowest BCUT2D eigenvalue weighted by atomic mass is 10.1. The minimum absolute atomic E-state index is 0.0994. The standard InChI is InChI=1S/C29H36O6SSi/c1-22-15-18-24(19-16-22)36(31,32)33-21-23-17-20-27(28(30)34-23)35-37(29(2,3)4,25-11-7-5-8-12-25)26-13-9-6-10-14-26/h5-16,18-19,23,27-28,30H,17,20-21H2,1-4H3/t23-,27+,28+/m0/s1. The molecule has 1 N–H and O–H groups in total. The van der Waals surface area contributed by atoms with Crippen LogP contribution >= 0.6 is 0 Å². The topological polar surface area (TPSA) is 82.1 Å². The van der Waals surface area contributed by atoms with Crippen LogP contribution in [0.4, 0.5) is 0 Å². The first kappa shape index (κ1) is 27.7. The molecule has 0 amide bonds. The normalized spacial score (nSPS) is 21.1. The van der Waals surface area contributed by atoms with E-state index in [0.29, 0.717) is 12.8 Å². The third-order valence-electron chi connectivity index (χ3n) is 6.89. The number of benzene rings is 3. The quantitative estimate of drug-likeness (QED) is 0.342. The first-order valence-electron chi connectivity index (χ1n) is 12.6. The number of hydrogen-bond acceptors (Lipinski definition) is 6. The first-order chi connectivity index (χ1) is 17.5. The summed E-state index contributed by atoms with van der Waals surface area (Å²) in [7, 11) is -6.78. The van der Waals surface area contributed by atoms with Gasteiger partial charge in [0.1, 0.15) is 0 Å². The van der Waals surface area contributed by atoms with Crippen molar-refractivity contribution in [3.63, 3.8) is 0 Å². The van der Waals surface area contributed by atoms with Gasteiger partial charge in [-0.3, -0.25) is 4.18 Å². The Labute approximate surface area is 221 Å². The number of aliphatic hydroxyl groups excluding tert-OH is 1. The van der Waals surface area contributed by atoms with Crippen molar-refractivity contribution in [3.05, 3.63) is 90.5 Å². The molecule has 1 aliphatic heterocycles. The molecule has 1 fully saturated rings. The molecule has 0 spiro atoms. The second-order valence-electron chi connectivity index (χ2n) is 10.6. The highest BCUT2D eigenvalue weighted by Crippen LogP contribution is 2.39. The fraction of sp³-hybridized carbons (Fsp3) is 0.379. The van der Waals surface area contributed by atoms with E-state index in [1.807, 2.05) is 43.3 Å². The van der Waals surface area contributed by atoms with Crippen LogP contribution in [0.25, 0.3) is 0 Å². The van der Waals surface area contributed by atoms with Gasteiger partial charge in [0.15, 0.2) is 6.29 Å². The second-order valence-corrected chi connectivity index (χ2v) is 16.5. The molecule has 0 unspecified atom stereocenters. The maximum atomic E-state index is 12.6. The zero-order chi connectivity index (χ0) is 26.7. The Morgan fingerprint density at radius 3 is 1.92 bits per heavy atom. The molecule has 8 heteroatoms. The van der Waals surface area contributed by atoms with Crippen molar-refractivity contribution in [1.82, 2.24) is 0 Å². The molecule has 3 aromatic carbocycles. The van der Waals surface area contributed by atoms with Crippen LogP contribution in [0.2, 0.25) is 5.04 Å². The largest absolute Gasteiger partial charge is 0.399 e. The first-order valence-corrected chi connectivity index (χ1v) is 15.9. The summed E-state index contributed by atoms with van der Waals surface area (Å²) in [5.41, 5.74) is 0.963. The van der Waals surface area contributed by atoms with Crippen molar-refractivity contribution in [2.24, 2.45) is 0 Å². The van der Waals surface area contributed by atoms with Gasteiger partial charge in [-0.25, -0.2) is 0 Å². The van der Waals surface area contributed by atoms with E-state index >= 15 is 0 Å². The van der Waals surface area contributed by atoms with Crippen molar-refractivity contribution >= 4 is 28.8 Å². The van der Waals surface area contributed by atoms with Crippen LogP contribution in [0.5, 0.6) is 0 Å². The van der Waals surface area contributed by atoms with E-state index in [4.69, 9.17) is 13.3 Å². The van der Waals surface area contributed by atoms with Crippen LogP contribution in [-0.4, -0.2) is 46.9 Å². The molecule has 0 radical (unpaired) electrons. The lowest BCUT2D eigenvalue weighted by Gasteiger charge is -2.47. The summed E-state index contributed by atoms with van der Waals surface area (Å²) in [5.74, 6) is 0. The molecular weight excluding hydrogens is 504 g/mol. The van der Waals surface area contributed by atoms with Gasteiger partial charge in [-0.15, -0.1) is 0 Å². The molecule has 0 saturated carbocycles. The second kappa shape index (κ2) is 11.2. The van der Waals surface area contributed by atoms with E-state index in [9.17, 15) is 13.5 Å². The Kier molecular flexibility index (Phi) is 8.37. The third-order valence-corrected chi connectivity index (χ3v) is 13.2. The van der Waals surface area contributed by atoms with Crippen molar-refractivity contribution in [2.75, 3.05) is 6.61 Å². The maximum Gasteiger partial charge on any atom is 0.297 e. The molecule has 4 rings (SSSR count). The molecule has 3 atom stereocenters. The molecular formula is C29H36O6SSi. The van der Waals surface area contributed by atoms with Crippen molar-refractivity contribution in [3.8, 4) is 0 Å². The van der Waals surface area contributed by atoms with Crippen LogP contribution < -0.4 is 10.4 Å². The molecule has 0 aliphatic carbocycles. The highest BCUT2D eigenvalue weighted by atomic mass is 32.2. The Morgan fingerprint density at radius 2 is 1.43 bits per heavy atom. The fourth-order valence-corrected chi connectivity index (χ4v) is 10.6. The van der Waals surface area contributed by atoms with Gasteiger partial charge in [0, 0.05) is 0 Å². The summed E-state index contributed by atoms with van der Waals surface area (Å²) >= 11 is 0. The van der Waals surface area contributed by atoms with E-state index in [1.54, 1.807) is 12.1 Å². The number of ether oxygens (including phenoxy) is 1. The summed E-state index contributed by atoms with van der Waals surface area (Å²) < 4.78 is 43.3.